The summed E-state index contributed by atoms with van der Waals surface area (Å²) < 4.78 is 31.0. The minimum Gasteiger partial charge on any atom is -0.379 e. The van der Waals surface area contributed by atoms with Crippen molar-refractivity contribution in [1.29, 1.82) is 0 Å². The second kappa shape index (κ2) is 11.8. The van der Waals surface area contributed by atoms with E-state index in [1.165, 1.54) is 55.5 Å². The summed E-state index contributed by atoms with van der Waals surface area (Å²) in [6.07, 6.45) is 1.42. The quantitative estimate of drug-likeness (QED) is 0.137. The Labute approximate surface area is 245 Å². The number of rotatable bonds is 8. The van der Waals surface area contributed by atoms with Gasteiger partial charge in [-0.25, -0.2) is 0 Å². The molecular weight excluding hydrogens is 650 g/mol. The molecule has 1 aliphatic heterocycles. The molecule has 0 spiro atoms. The van der Waals surface area contributed by atoms with E-state index >= 15 is 0 Å². The van der Waals surface area contributed by atoms with E-state index in [1.807, 2.05) is 0 Å². The number of nitrogens with one attached hydrogen (secondary N) is 1. The Morgan fingerprint density at radius 3 is 2.50 bits per heavy atom. The van der Waals surface area contributed by atoms with Crippen molar-refractivity contribution in [3.63, 3.8) is 0 Å². The third kappa shape index (κ3) is 6.70. The lowest BCUT2D eigenvalue weighted by molar-refractivity contribution is -0.385. The number of carbonyl (C=O) groups is 3. The molecule has 0 bridgehead atoms. The van der Waals surface area contributed by atoms with Gasteiger partial charge in [0.1, 0.15) is 17.2 Å². The highest BCUT2D eigenvalue weighted by atomic mass is 79.9. The number of anilines is 1. The van der Waals surface area contributed by atoms with Crippen molar-refractivity contribution in [2.24, 2.45) is 0 Å². The van der Waals surface area contributed by atoms with Gasteiger partial charge >= 0.3 is 10.1 Å². The smallest absolute Gasteiger partial charge is 0.339 e. The standard InChI is InChI=1S/C25H17BrClN3O8S2/c1-14-2-8-18(12-21(14)30(34)35)40(36,37)38-17-6-3-15(4-7-17)10-22-24(32)29(25(33)39-22)13-23(31)28-16-5-9-19(26)20(27)11-16/h2-12H,13H2,1H3,(H,28,31)/b22-10-. The maximum Gasteiger partial charge on any atom is 0.339 e. The Kier molecular flexibility index (Phi) is 8.63. The number of carbonyl (C=O) groups excluding carboxylic acids is 3. The predicted octanol–water partition coefficient (Wildman–Crippen LogP) is 5.76. The summed E-state index contributed by atoms with van der Waals surface area (Å²) in [7, 11) is -4.36. The predicted molar refractivity (Wildman–Crippen MR) is 153 cm³/mol. The molecule has 0 saturated carbocycles. The molecule has 1 saturated heterocycles. The van der Waals surface area contributed by atoms with Crippen molar-refractivity contribution in [3.05, 3.63) is 96.3 Å². The van der Waals surface area contributed by atoms with Gasteiger partial charge in [0.2, 0.25) is 5.91 Å². The Balaban J connectivity index is 1.42. The molecule has 0 radical (unpaired) electrons. The highest BCUT2D eigenvalue weighted by Gasteiger charge is 2.36. The lowest BCUT2D eigenvalue weighted by Gasteiger charge is -2.12. The van der Waals surface area contributed by atoms with Crippen LogP contribution in [0.1, 0.15) is 11.1 Å². The molecule has 3 amide bonds. The third-order valence-electron chi connectivity index (χ3n) is 5.43. The number of halogens is 2. The number of hydrogen-bond donors (Lipinski definition) is 1. The van der Waals surface area contributed by atoms with Gasteiger partial charge in [-0.05, 0) is 82.7 Å². The fourth-order valence-corrected chi connectivity index (χ4v) is 5.66. The van der Waals surface area contributed by atoms with Gasteiger partial charge in [0.05, 0.1) is 14.9 Å². The summed E-state index contributed by atoms with van der Waals surface area (Å²) in [5.41, 5.74) is 0.790. The van der Waals surface area contributed by atoms with Gasteiger partial charge < -0.3 is 9.50 Å². The van der Waals surface area contributed by atoms with Crippen LogP contribution in [0, 0.1) is 17.0 Å². The molecule has 3 aromatic rings. The van der Waals surface area contributed by atoms with E-state index in [0.29, 0.717) is 38.1 Å². The van der Waals surface area contributed by atoms with E-state index in [0.717, 1.165) is 11.0 Å². The summed E-state index contributed by atoms with van der Waals surface area (Å²) in [4.78, 5) is 48.5. The summed E-state index contributed by atoms with van der Waals surface area (Å²) >= 11 is 9.91. The average Bonchev–Trinajstić information content (AvgIpc) is 3.14. The van der Waals surface area contributed by atoms with Crippen LogP contribution < -0.4 is 9.50 Å². The monoisotopic (exact) mass is 665 g/mol. The molecular formula is C25H17BrClN3O8S2. The van der Waals surface area contributed by atoms with Crippen LogP contribution in [0.4, 0.5) is 16.2 Å². The van der Waals surface area contributed by atoms with Gasteiger partial charge in [-0.15, -0.1) is 0 Å². The maximum absolute atomic E-state index is 12.8. The highest BCUT2D eigenvalue weighted by molar-refractivity contribution is 9.10. The average molecular weight is 667 g/mol. The number of benzene rings is 3. The summed E-state index contributed by atoms with van der Waals surface area (Å²) in [5, 5.41) is 13.5. The van der Waals surface area contributed by atoms with Gasteiger partial charge in [-0.1, -0.05) is 29.8 Å². The summed E-state index contributed by atoms with van der Waals surface area (Å²) in [6.45, 7) is 0.982. The van der Waals surface area contributed by atoms with Crippen molar-refractivity contribution in [3.8, 4) is 5.75 Å². The molecule has 0 aromatic heterocycles. The van der Waals surface area contributed by atoms with Crippen LogP contribution in [0.2, 0.25) is 5.02 Å². The largest absolute Gasteiger partial charge is 0.379 e. The summed E-state index contributed by atoms with van der Waals surface area (Å²) in [6, 6.07) is 13.8. The maximum atomic E-state index is 12.8. The van der Waals surface area contributed by atoms with Crippen LogP contribution in [0.3, 0.4) is 0 Å². The molecule has 0 atom stereocenters. The molecule has 206 valence electrons. The van der Waals surface area contributed by atoms with Gasteiger partial charge in [-0.2, -0.15) is 8.42 Å². The van der Waals surface area contributed by atoms with E-state index in [4.69, 9.17) is 15.8 Å². The van der Waals surface area contributed by atoms with E-state index in [2.05, 4.69) is 21.2 Å². The first kappa shape index (κ1) is 29.3. The second-order valence-corrected chi connectivity index (χ2v) is 12.1. The number of nitro groups is 1. The fourth-order valence-electron chi connectivity index (χ4n) is 3.44. The van der Waals surface area contributed by atoms with Crippen LogP contribution >= 0.6 is 39.3 Å². The molecule has 15 heteroatoms. The van der Waals surface area contributed by atoms with Crippen LogP contribution in [0.25, 0.3) is 6.08 Å². The number of imide groups is 1. The van der Waals surface area contributed by atoms with Crippen molar-refractivity contribution in [2.75, 3.05) is 11.9 Å². The Morgan fingerprint density at radius 1 is 1.15 bits per heavy atom. The first-order valence-electron chi connectivity index (χ1n) is 11.1. The normalized spacial score (nSPS) is 14.5. The fraction of sp³-hybridized carbons (Fsp3) is 0.0800. The van der Waals surface area contributed by atoms with E-state index < -0.39 is 38.6 Å². The third-order valence-corrected chi connectivity index (χ3v) is 8.81. The lowest BCUT2D eigenvalue weighted by Crippen LogP contribution is -2.36. The molecule has 11 nitrogen and oxygen atoms in total. The van der Waals surface area contributed by atoms with Gasteiger partial charge in [0.15, 0.2) is 0 Å². The Bertz CT molecular complexity index is 1690. The molecule has 4 rings (SSSR count). The number of aryl methyl sites for hydroxylation is 1. The lowest BCUT2D eigenvalue weighted by atomic mass is 10.2. The van der Waals surface area contributed by atoms with E-state index in [1.54, 1.807) is 12.1 Å². The SMILES string of the molecule is Cc1ccc(S(=O)(=O)Oc2ccc(/C=C3\SC(=O)N(CC(=O)Nc4ccc(Br)c(Cl)c4)C3=O)cc2)cc1[N+](=O)[O-]. The molecule has 40 heavy (non-hydrogen) atoms. The van der Waals surface area contributed by atoms with E-state index in [-0.39, 0.29) is 21.2 Å². The molecule has 0 aliphatic carbocycles. The number of thioether (sulfide) groups is 1. The highest BCUT2D eigenvalue weighted by Crippen LogP contribution is 2.33. The van der Waals surface area contributed by atoms with Crippen LogP contribution in [0.15, 0.2) is 74.9 Å². The van der Waals surface area contributed by atoms with Crippen molar-refractivity contribution < 1.29 is 31.9 Å². The molecule has 1 aliphatic rings. The zero-order valence-electron chi connectivity index (χ0n) is 20.3. The number of nitrogens with zero attached hydrogens (tertiary/aromatic N) is 2. The molecule has 1 N–H and O–H groups in total. The Hall–Kier alpha value is -3.72. The minimum atomic E-state index is -4.36. The molecule has 3 aromatic carbocycles. The topological polar surface area (TPSA) is 153 Å². The van der Waals surface area contributed by atoms with Crippen LogP contribution in [0.5, 0.6) is 5.75 Å². The van der Waals surface area contributed by atoms with Crippen LogP contribution in [-0.4, -0.2) is 41.8 Å². The van der Waals surface area contributed by atoms with E-state index in [9.17, 15) is 32.9 Å². The number of nitro benzene ring substituents is 1. The van der Waals surface area contributed by atoms with Crippen molar-refractivity contribution >= 4 is 83.9 Å². The number of amides is 3. The van der Waals surface area contributed by atoms with Crippen molar-refractivity contribution in [1.82, 2.24) is 4.90 Å². The first-order valence-corrected chi connectivity index (χ1v) is 14.5. The first-order chi connectivity index (χ1) is 18.8. The van der Waals surface area contributed by atoms with Gasteiger partial charge in [0, 0.05) is 21.8 Å². The van der Waals surface area contributed by atoms with Gasteiger partial charge in [-0.3, -0.25) is 29.4 Å². The molecule has 1 fully saturated rings. The second-order valence-electron chi connectivity index (χ2n) is 8.26. The minimum absolute atomic E-state index is 0.0674. The Morgan fingerprint density at radius 2 is 1.85 bits per heavy atom. The molecule has 0 unspecified atom stereocenters. The van der Waals surface area contributed by atoms with Crippen LogP contribution in [-0.2, 0) is 19.7 Å². The zero-order valence-corrected chi connectivity index (χ0v) is 24.3. The van der Waals surface area contributed by atoms with Crippen molar-refractivity contribution in [2.45, 2.75) is 11.8 Å². The summed E-state index contributed by atoms with van der Waals surface area (Å²) in [5.74, 6) is -1.33. The molecule has 1 heterocycles. The number of hydrogen-bond acceptors (Lipinski definition) is 9. The van der Waals surface area contributed by atoms with Gasteiger partial charge in [0.25, 0.3) is 16.8 Å². The zero-order chi connectivity index (χ0) is 29.2.